The van der Waals surface area contributed by atoms with E-state index in [4.69, 9.17) is 16.6 Å². The van der Waals surface area contributed by atoms with Crippen LogP contribution in [0.1, 0.15) is 118 Å². The second kappa shape index (κ2) is 27.7. The number of carboxylic acid groups (broad SMARTS) is 2. The van der Waals surface area contributed by atoms with Crippen LogP contribution in [-0.2, 0) is 59.2 Å². The summed E-state index contributed by atoms with van der Waals surface area (Å²) >= 11 is 0. The zero-order valence-corrected chi connectivity index (χ0v) is 41.7. The minimum absolute atomic E-state index is 0.0804. The molecule has 1 aromatic rings. The number of hydrogen-bond acceptors (Lipinski definition) is 13. The SMILES string of the molecule is CC(C)C[C@H](NC(=O)[C@H](Cc1cnc[nH]1)NC(=O)[C@H](CCC(N)=O)NC(=O)[C@@H]1CCCN1C(=O)[C@@H]1CCCN1C(=O)[C@H](C)NC(=O)[C@H](CC(C)C)NC(=O)[C@@H](N)CCC(=O)O)C(=O)N[C@H](C(=O)O)C(C)C. The number of hydrogen-bond donors (Lipinski definition) is 11. The summed E-state index contributed by atoms with van der Waals surface area (Å²) in [5.41, 5.74) is 11.7. The molecule has 0 aromatic carbocycles. The maximum atomic E-state index is 14.3. The summed E-state index contributed by atoms with van der Waals surface area (Å²) in [5, 5.41) is 34.2. The van der Waals surface area contributed by atoms with Gasteiger partial charge in [0.2, 0.25) is 53.2 Å². The fourth-order valence-electron chi connectivity index (χ4n) is 8.46. The van der Waals surface area contributed by atoms with Gasteiger partial charge in [-0.3, -0.25) is 47.9 Å². The highest BCUT2D eigenvalue weighted by Crippen LogP contribution is 2.26. The topological polar surface area (TPSA) is 388 Å². The van der Waals surface area contributed by atoms with Crippen LogP contribution in [-0.4, -0.2) is 163 Å². The number of imidazole rings is 1. The molecule has 9 amide bonds. The van der Waals surface area contributed by atoms with Gasteiger partial charge in [0.05, 0.1) is 12.4 Å². The van der Waals surface area contributed by atoms with Gasteiger partial charge < -0.3 is 68.4 Å². The Bertz CT molecular complexity index is 2070. The number of nitrogens with one attached hydrogen (secondary N) is 7. The Morgan fingerprint density at radius 1 is 0.676 bits per heavy atom. The van der Waals surface area contributed by atoms with Crippen molar-refractivity contribution in [3.63, 3.8) is 0 Å². The van der Waals surface area contributed by atoms with Crippen LogP contribution in [0.25, 0.3) is 0 Å². The predicted molar refractivity (Wildman–Crippen MR) is 254 cm³/mol. The van der Waals surface area contributed by atoms with Gasteiger partial charge in [0.1, 0.15) is 48.3 Å². The van der Waals surface area contributed by atoms with Crippen LogP contribution in [0.3, 0.4) is 0 Å². The van der Waals surface area contributed by atoms with E-state index in [2.05, 4.69) is 41.9 Å². The normalized spacial score (nSPS) is 18.6. The molecule has 25 nitrogen and oxygen atoms in total. The average molecular weight is 1000 g/mol. The molecule has 0 unspecified atom stereocenters. The molecule has 2 aliphatic rings. The van der Waals surface area contributed by atoms with Crippen molar-refractivity contribution in [3.8, 4) is 0 Å². The number of nitrogens with two attached hydrogens (primary N) is 2. The Balaban J connectivity index is 1.78. The van der Waals surface area contributed by atoms with E-state index in [0.29, 0.717) is 18.5 Å². The Labute approximate surface area is 412 Å². The predicted octanol–water partition coefficient (Wildman–Crippen LogP) is -1.85. The first kappa shape index (κ1) is 58.7. The number of aliphatic carboxylic acids is 2. The van der Waals surface area contributed by atoms with Crippen molar-refractivity contribution >= 4 is 65.1 Å². The zero-order valence-electron chi connectivity index (χ0n) is 41.7. The molecule has 13 N–H and O–H groups in total. The molecule has 2 fully saturated rings. The first-order valence-electron chi connectivity index (χ1n) is 24.2. The van der Waals surface area contributed by atoms with Gasteiger partial charge in [-0.25, -0.2) is 9.78 Å². The molecular formula is C46H74N12O13. The molecule has 0 radical (unpaired) electrons. The molecule has 71 heavy (non-hydrogen) atoms. The smallest absolute Gasteiger partial charge is 0.326 e. The largest absolute Gasteiger partial charge is 0.481 e. The number of likely N-dealkylation sites (tertiary alicyclic amines) is 2. The van der Waals surface area contributed by atoms with E-state index in [-0.39, 0.29) is 82.7 Å². The fraction of sp³-hybridized carbons (Fsp3) is 0.696. The van der Waals surface area contributed by atoms with Crippen molar-refractivity contribution in [2.45, 2.75) is 173 Å². The summed E-state index contributed by atoms with van der Waals surface area (Å²) < 4.78 is 0. The van der Waals surface area contributed by atoms with Gasteiger partial charge in [0.15, 0.2) is 0 Å². The number of rotatable bonds is 28. The Hall–Kier alpha value is -6.66. The van der Waals surface area contributed by atoms with Crippen LogP contribution in [0.4, 0.5) is 0 Å². The highest BCUT2D eigenvalue weighted by molar-refractivity contribution is 5.98. The molecule has 9 atom stereocenters. The lowest BCUT2D eigenvalue weighted by atomic mass is 9.99. The van der Waals surface area contributed by atoms with Gasteiger partial charge in [-0.05, 0) is 76.0 Å². The van der Waals surface area contributed by atoms with Gasteiger partial charge in [-0.15, -0.1) is 0 Å². The molecule has 396 valence electrons. The molecular weight excluding hydrogens is 929 g/mol. The van der Waals surface area contributed by atoms with Crippen LogP contribution in [0, 0.1) is 17.8 Å². The summed E-state index contributed by atoms with van der Waals surface area (Å²) in [6.45, 7) is 12.2. The molecule has 0 spiro atoms. The monoisotopic (exact) mass is 1000 g/mol. The summed E-state index contributed by atoms with van der Waals surface area (Å²) in [6, 6.07) is -10.9. The first-order chi connectivity index (χ1) is 33.3. The van der Waals surface area contributed by atoms with E-state index >= 15 is 0 Å². The highest BCUT2D eigenvalue weighted by atomic mass is 16.4. The number of carbonyl (C=O) groups excluding carboxylic acids is 9. The zero-order chi connectivity index (χ0) is 53.3. The second-order valence-electron chi connectivity index (χ2n) is 19.5. The van der Waals surface area contributed by atoms with E-state index in [1.165, 1.54) is 29.2 Å². The second-order valence-corrected chi connectivity index (χ2v) is 19.5. The minimum Gasteiger partial charge on any atom is -0.481 e. The lowest BCUT2D eigenvalue weighted by molar-refractivity contribution is -0.148. The number of carboxylic acids is 2. The summed E-state index contributed by atoms with van der Waals surface area (Å²) in [6.07, 6.45) is 2.96. The fourth-order valence-corrected chi connectivity index (χ4v) is 8.46. The van der Waals surface area contributed by atoms with Crippen LogP contribution >= 0.6 is 0 Å². The molecule has 1 aromatic heterocycles. The molecule has 2 aliphatic heterocycles. The summed E-state index contributed by atoms with van der Waals surface area (Å²) in [7, 11) is 0. The van der Waals surface area contributed by atoms with Crippen LogP contribution in [0.2, 0.25) is 0 Å². The van der Waals surface area contributed by atoms with Gasteiger partial charge in [0.25, 0.3) is 0 Å². The number of aromatic amines is 1. The third kappa shape index (κ3) is 18.2. The number of amides is 9. The van der Waals surface area contributed by atoms with Crippen LogP contribution < -0.4 is 43.4 Å². The van der Waals surface area contributed by atoms with Crippen LogP contribution in [0.5, 0.6) is 0 Å². The van der Waals surface area contributed by atoms with E-state index in [1.54, 1.807) is 27.7 Å². The van der Waals surface area contributed by atoms with Crippen molar-refractivity contribution in [2.24, 2.45) is 29.2 Å². The lowest BCUT2D eigenvalue weighted by Gasteiger charge is -2.33. The van der Waals surface area contributed by atoms with E-state index in [1.807, 2.05) is 13.8 Å². The Morgan fingerprint density at radius 2 is 1.21 bits per heavy atom. The van der Waals surface area contributed by atoms with Gasteiger partial charge in [-0.2, -0.15) is 0 Å². The van der Waals surface area contributed by atoms with E-state index in [9.17, 15) is 57.8 Å². The van der Waals surface area contributed by atoms with Gasteiger partial charge in [0, 0.05) is 44.2 Å². The van der Waals surface area contributed by atoms with Crippen molar-refractivity contribution < 1.29 is 63.0 Å². The Kier molecular flexibility index (Phi) is 22.8. The number of carbonyl (C=O) groups is 11. The number of aromatic nitrogens is 2. The molecule has 0 aliphatic carbocycles. The van der Waals surface area contributed by atoms with Gasteiger partial charge in [-0.1, -0.05) is 41.5 Å². The maximum absolute atomic E-state index is 14.3. The minimum atomic E-state index is -1.46. The highest BCUT2D eigenvalue weighted by Gasteiger charge is 2.44. The molecule has 3 rings (SSSR count). The summed E-state index contributed by atoms with van der Waals surface area (Å²) in [5.74, 6) is -9.65. The van der Waals surface area contributed by atoms with Crippen LogP contribution in [0.15, 0.2) is 12.5 Å². The van der Waals surface area contributed by atoms with Crippen molar-refractivity contribution in [3.05, 3.63) is 18.2 Å². The lowest BCUT2D eigenvalue weighted by Crippen LogP contribution is -2.60. The molecule has 2 saturated heterocycles. The maximum Gasteiger partial charge on any atom is 0.326 e. The summed E-state index contributed by atoms with van der Waals surface area (Å²) in [4.78, 5) is 154. The number of nitrogens with zero attached hydrogens (tertiary/aromatic N) is 3. The average Bonchev–Trinajstić information content (AvgIpc) is 4.10. The van der Waals surface area contributed by atoms with Crippen molar-refractivity contribution in [1.82, 2.24) is 51.7 Å². The van der Waals surface area contributed by atoms with Crippen molar-refractivity contribution in [1.29, 1.82) is 0 Å². The first-order valence-corrected chi connectivity index (χ1v) is 24.2. The van der Waals surface area contributed by atoms with E-state index in [0.717, 1.165) is 0 Å². The van der Waals surface area contributed by atoms with Crippen molar-refractivity contribution in [2.75, 3.05) is 13.1 Å². The standard InChI is InChI=1S/C46H74N12O13/c1-23(2)18-30(53-38(62)28(47)12-15-36(60)61)40(64)51-26(7)44(68)58-17-9-11-34(58)45(69)57-16-8-10-33(57)43(67)52-29(13-14-35(48)59)39(63)55-32(20-27-21-49-22-50-27)41(65)54-31(19-24(3)4)42(66)56-37(25(5)6)46(70)71/h21-26,28-34,37H,8-20,47H2,1-7H3,(H2,48,59)(H,49,50)(H,51,64)(H,52,67)(H,53,62)(H,54,65)(H,55,63)(H,56,66)(H,60,61)(H,70,71)/t26-,28-,29-,30-,31-,32-,33-,34-,37-/m0/s1. The number of H-pyrrole nitrogens is 1. The third-order valence-electron chi connectivity index (χ3n) is 12.2. The molecule has 25 heteroatoms. The quantitative estimate of drug-likeness (QED) is 0.0439. The molecule has 3 heterocycles. The van der Waals surface area contributed by atoms with E-state index < -0.39 is 125 Å². The number of primary amides is 1. The van der Waals surface area contributed by atoms with Gasteiger partial charge >= 0.3 is 11.9 Å². The molecule has 0 bridgehead atoms. The third-order valence-corrected chi connectivity index (χ3v) is 12.2. The molecule has 0 saturated carbocycles. The Morgan fingerprint density at radius 3 is 1.75 bits per heavy atom.